The second kappa shape index (κ2) is 7.80. The van der Waals surface area contributed by atoms with Crippen molar-refractivity contribution in [1.82, 2.24) is 10.6 Å². The van der Waals surface area contributed by atoms with Crippen molar-refractivity contribution in [2.45, 2.75) is 56.9 Å². The Morgan fingerprint density at radius 1 is 1.36 bits per heavy atom. The average molecular weight is 343 g/mol. The molecule has 3 nitrogen and oxygen atoms in total. The molecule has 1 aliphatic heterocycles. The van der Waals surface area contributed by atoms with Crippen LogP contribution in [0.15, 0.2) is 17.5 Å². The summed E-state index contributed by atoms with van der Waals surface area (Å²) < 4.78 is 0. The molecule has 2 unspecified atom stereocenters. The third kappa shape index (κ3) is 3.50. The largest absolute Gasteiger partial charge is 0.352 e. The first-order chi connectivity index (χ1) is 10.2. The molecule has 1 aromatic rings. The molecule has 0 spiro atoms. The number of thiophene rings is 1. The van der Waals surface area contributed by atoms with Gasteiger partial charge in [0.2, 0.25) is 5.91 Å². The van der Waals surface area contributed by atoms with E-state index >= 15 is 0 Å². The minimum Gasteiger partial charge on any atom is -0.352 e. The fourth-order valence-electron chi connectivity index (χ4n) is 3.83. The van der Waals surface area contributed by atoms with Crippen LogP contribution in [-0.2, 0) is 10.2 Å². The van der Waals surface area contributed by atoms with Gasteiger partial charge in [-0.05, 0) is 49.7 Å². The van der Waals surface area contributed by atoms with Crippen molar-refractivity contribution in [3.63, 3.8) is 0 Å². The molecule has 2 heterocycles. The molecular weight excluding hydrogens is 316 g/mol. The highest BCUT2D eigenvalue weighted by Crippen LogP contribution is 2.42. The highest BCUT2D eigenvalue weighted by Gasteiger charge is 2.43. The molecule has 22 heavy (non-hydrogen) atoms. The van der Waals surface area contributed by atoms with Crippen LogP contribution in [0.25, 0.3) is 0 Å². The zero-order valence-electron chi connectivity index (χ0n) is 13.3. The minimum atomic E-state index is -0.253. The molecule has 3 rings (SSSR count). The van der Waals surface area contributed by atoms with Crippen LogP contribution in [0.5, 0.6) is 0 Å². The monoisotopic (exact) mass is 342 g/mol. The Hall–Kier alpha value is -0.580. The van der Waals surface area contributed by atoms with Crippen LogP contribution < -0.4 is 10.6 Å². The summed E-state index contributed by atoms with van der Waals surface area (Å²) in [7, 11) is 0. The van der Waals surface area contributed by atoms with Gasteiger partial charge >= 0.3 is 0 Å². The summed E-state index contributed by atoms with van der Waals surface area (Å²) >= 11 is 1.75. The van der Waals surface area contributed by atoms with E-state index in [0.717, 1.165) is 32.4 Å². The van der Waals surface area contributed by atoms with E-state index in [1.165, 1.54) is 24.1 Å². The number of hydrogen-bond donors (Lipinski definition) is 2. The molecule has 1 aliphatic carbocycles. The molecule has 0 radical (unpaired) electrons. The lowest BCUT2D eigenvalue weighted by atomic mass is 9.72. The highest BCUT2D eigenvalue weighted by atomic mass is 35.5. The first-order valence-electron chi connectivity index (χ1n) is 8.28. The number of halogens is 1. The van der Waals surface area contributed by atoms with Gasteiger partial charge in [-0.15, -0.1) is 23.7 Å². The van der Waals surface area contributed by atoms with Crippen molar-refractivity contribution in [3.8, 4) is 0 Å². The van der Waals surface area contributed by atoms with Gasteiger partial charge in [-0.3, -0.25) is 4.79 Å². The predicted molar refractivity (Wildman–Crippen MR) is 94.9 cm³/mol. The predicted octanol–water partition coefficient (Wildman–Crippen LogP) is 3.49. The molecule has 2 atom stereocenters. The van der Waals surface area contributed by atoms with Crippen LogP contribution in [0.2, 0.25) is 0 Å². The van der Waals surface area contributed by atoms with Gasteiger partial charge in [0.15, 0.2) is 0 Å². The molecule has 2 N–H and O–H groups in total. The van der Waals surface area contributed by atoms with Crippen LogP contribution in [0.3, 0.4) is 0 Å². The molecule has 2 aliphatic rings. The van der Waals surface area contributed by atoms with E-state index in [4.69, 9.17) is 0 Å². The lowest BCUT2D eigenvalue weighted by Gasteiger charge is -2.38. The molecule has 1 aromatic heterocycles. The number of hydrogen-bond acceptors (Lipinski definition) is 3. The van der Waals surface area contributed by atoms with Crippen molar-refractivity contribution in [2.24, 2.45) is 5.92 Å². The van der Waals surface area contributed by atoms with E-state index in [1.807, 2.05) is 0 Å². The summed E-state index contributed by atoms with van der Waals surface area (Å²) in [5, 5.41) is 8.90. The second-order valence-electron chi connectivity index (χ2n) is 6.67. The van der Waals surface area contributed by atoms with E-state index in [9.17, 15) is 4.79 Å². The molecule has 0 aromatic carbocycles. The van der Waals surface area contributed by atoms with Crippen LogP contribution in [0.4, 0.5) is 0 Å². The third-order valence-electron chi connectivity index (χ3n) is 5.24. The van der Waals surface area contributed by atoms with Gasteiger partial charge in [0.05, 0.1) is 5.41 Å². The van der Waals surface area contributed by atoms with E-state index in [-0.39, 0.29) is 23.7 Å². The molecular formula is C17H27ClN2OS. The maximum atomic E-state index is 13.1. The van der Waals surface area contributed by atoms with Crippen LogP contribution in [0, 0.1) is 5.92 Å². The quantitative estimate of drug-likeness (QED) is 0.882. The zero-order valence-corrected chi connectivity index (χ0v) is 14.9. The Balaban J connectivity index is 0.00000176. The van der Waals surface area contributed by atoms with E-state index in [1.54, 1.807) is 11.3 Å². The smallest absolute Gasteiger partial charge is 0.231 e. The van der Waals surface area contributed by atoms with Gasteiger partial charge in [0.25, 0.3) is 0 Å². The van der Waals surface area contributed by atoms with Gasteiger partial charge in [-0.25, -0.2) is 0 Å². The van der Waals surface area contributed by atoms with Crippen molar-refractivity contribution < 1.29 is 4.79 Å². The summed E-state index contributed by atoms with van der Waals surface area (Å²) in [6, 6.07) is 4.57. The van der Waals surface area contributed by atoms with E-state index < -0.39 is 0 Å². The lowest BCUT2D eigenvalue weighted by Crippen LogP contribution is -2.54. The highest BCUT2D eigenvalue weighted by molar-refractivity contribution is 7.10. The average Bonchev–Trinajstić information content (AvgIpc) is 3.05. The number of carbonyl (C=O) groups excluding carboxylic acids is 1. The van der Waals surface area contributed by atoms with E-state index in [0.29, 0.717) is 12.0 Å². The van der Waals surface area contributed by atoms with Crippen LogP contribution in [-0.4, -0.2) is 25.0 Å². The molecule has 1 saturated heterocycles. The molecule has 0 bridgehead atoms. The SMILES string of the molecule is CC1CNCCC1NC(=O)C1(c2cccs2)CCCCC1.Cl. The molecule has 1 saturated carbocycles. The molecule has 5 heteroatoms. The van der Waals surface area contributed by atoms with Gasteiger partial charge in [0, 0.05) is 10.9 Å². The van der Waals surface area contributed by atoms with Gasteiger partial charge in [-0.1, -0.05) is 32.3 Å². The van der Waals surface area contributed by atoms with Crippen LogP contribution >= 0.6 is 23.7 Å². The van der Waals surface area contributed by atoms with E-state index in [2.05, 4.69) is 35.1 Å². The standard InChI is InChI=1S/C17H26N2OS.ClH/c1-13-12-18-10-7-14(13)19-16(20)17(8-3-2-4-9-17)15-6-5-11-21-15;/h5-6,11,13-14,18H,2-4,7-10,12H2,1H3,(H,19,20);1H. The summed E-state index contributed by atoms with van der Waals surface area (Å²) in [5.41, 5.74) is -0.253. The third-order valence-corrected chi connectivity index (χ3v) is 6.31. The van der Waals surface area contributed by atoms with Crippen molar-refractivity contribution in [2.75, 3.05) is 13.1 Å². The number of carbonyl (C=O) groups is 1. The summed E-state index contributed by atoms with van der Waals surface area (Å²) in [4.78, 5) is 14.4. The maximum Gasteiger partial charge on any atom is 0.231 e. The normalized spacial score (nSPS) is 27.7. The van der Waals surface area contributed by atoms with Crippen molar-refractivity contribution >= 4 is 29.7 Å². The summed E-state index contributed by atoms with van der Waals surface area (Å²) in [6.07, 6.45) is 6.69. The fraction of sp³-hybridized carbons (Fsp3) is 0.706. The Labute approximate surface area is 143 Å². The van der Waals surface area contributed by atoms with Gasteiger partial charge in [0.1, 0.15) is 0 Å². The number of nitrogens with one attached hydrogen (secondary N) is 2. The zero-order chi connectivity index (χ0) is 14.7. The summed E-state index contributed by atoms with van der Waals surface area (Å²) in [5.74, 6) is 0.801. The van der Waals surface area contributed by atoms with Crippen molar-refractivity contribution in [1.29, 1.82) is 0 Å². The topological polar surface area (TPSA) is 41.1 Å². The molecule has 2 fully saturated rings. The van der Waals surface area contributed by atoms with Gasteiger partial charge in [-0.2, -0.15) is 0 Å². The number of rotatable bonds is 3. The Morgan fingerprint density at radius 2 is 2.14 bits per heavy atom. The Bertz CT molecular complexity index is 471. The first-order valence-corrected chi connectivity index (χ1v) is 9.16. The second-order valence-corrected chi connectivity index (χ2v) is 7.62. The lowest BCUT2D eigenvalue weighted by molar-refractivity contribution is -0.129. The maximum absolute atomic E-state index is 13.1. The molecule has 124 valence electrons. The fourth-order valence-corrected chi connectivity index (χ4v) is 4.81. The summed E-state index contributed by atoms with van der Waals surface area (Å²) in [6.45, 7) is 4.26. The first kappa shape index (κ1) is 17.8. The Kier molecular flexibility index (Phi) is 6.30. The van der Waals surface area contributed by atoms with Crippen molar-refractivity contribution in [3.05, 3.63) is 22.4 Å². The minimum absolute atomic E-state index is 0. The molecule has 1 amide bonds. The number of piperidine rings is 1. The van der Waals surface area contributed by atoms with Gasteiger partial charge < -0.3 is 10.6 Å². The Morgan fingerprint density at radius 3 is 2.77 bits per heavy atom. The van der Waals surface area contributed by atoms with Crippen LogP contribution in [0.1, 0.15) is 50.3 Å². The number of amides is 1.